The van der Waals surface area contributed by atoms with E-state index in [1.54, 1.807) is 31.2 Å². The molecular weight excluding hydrogens is 322 g/mol. The maximum absolute atomic E-state index is 11.7. The van der Waals surface area contributed by atoms with Crippen LogP contribution in [0, 0.1) is 13.8 Å². The van der Waals surface area contributed by atoms with Crippen molar-refractivity contribution in [2.45, 2.75) is 33.7 Å². The second-order valence-corrected chi connectivity index (χ2v) is 5.48. The molecule has 25 heavy (non-hydrogen) atoms. The predicted molar refractivity (Wildman–Crippen MR) is 91.1 cm³/mol. The molecule has 1 aromatic carbocycles. The Labute approximate surface area is 145 Å². The van der Waals surface area contributed by atoms with Gasteiger partial charge < -0.3 is 4.74 Å². The number of amides is 1. The van der Waals surface area contributed by atoms with Crippen molar-refractivity contribution in [1.82, 2.24) is 9.78 Å². The number of hydrogen-bond acceptors (Lipinski definition) is 4. The van der Waals surface area contributed by atoms with Gasteiger partial charge >= 0.3 is 5.97 Å². The van der Waals surface area contributed by atoms with Crippen LogP contribution in [0.15, 0.2) is 29.4 Å². The SMILES string of the molecule is CCOC(=O)Cc1c(C)nn(Cc2ccc(C(=O)N=[N+]=[N-])cc2)c1C. The summed E-state index contributed by atoms with van der Waals surface area (Å²) in [7, 11) is 0. The van der Waals surface area contributed by atoms with Crippen molar-refractivity contribution in [3.05, 3.63) is 62.8 Å². The normalized spacial score (nSPS) is 10.2. The van der Waals surface area contributed by atoms with Gasteiger partial charge in [0.25, 0.3) is 0 Å². The molecule has 0 saturated heterocycles. The number of hydrogen-bond donors (Lipinski definition) is 0. The van der Waals surface area contributed by atoms with Gasteiger partial charge in [0.05, 0.1) is 25.3 Å². The van der Waals surface area contributed by atoms with Crippen LogP contribution in [-0.2, 0) is 22.5 Å². The summed E-state index contributed by atoms with van der Waals surface area (Å²) in [6.07, 6.45) is 0.200. The smallest absolute Gasteiger partial charge is 0.310 e. The van der Waals surface area contributed by atoms with Crippen LogP contribution in [0.2, 0.25) is 0 Å². The van der Waals surface area contributed by atoms with Gasteiger partial charge in [-0.25, -0.2) is 0 Å². The van der Waals surface area contributed by atoms with E-state index in [1.165, 1.54) is 0 Å². The Hall–Kier alpha value is -3.12. The monoisotopic (exact) mass is 341 g/mol. The first-order chi connectivity index (χ1) is 12.0. The molecule has 130 valence electrons. The molecule has 0 radical (unpaired) electrons. The molecule has 0 bridgehead atoms. The number of nitrogens with zero attached hydrogens (tertiary/aromatic N) is 5. The first-order valence-electron chi connectivity index (χ1n) is 7.83. The molecule has 1 aromatic heterocycles. The number of esters is 1. The van der Waals surface area contributed by atoms with Crippen molar-refractivity contribution in [3.8, 4) is 0 Å². The molecule has 0 fully saturated rings. The highest BCUT2D eigenvalue weighted by Gasteiger charge is 2.16. The molecule has 0 unspecified atom stereocenters. The van der Waals surface area contributed by atoms with Crippen LogP contribution in [0.3, 0.4) is 0 Å². The lowest BCUT2D eigenvalue weighted by Crippen LogP contribution is -2.09. The quantitative estimate of drug-likeness (QED) is 0.348. The van der Waals surface area contributed by atoms with Gasteiger partial charge in [-0.15, -0.1) is 0 Å². The van der Waals surface area contributed by atoms with Gasteiger partial charge in [0.2, 0.25) is 5.91 Å². The van der Waals surface area contributed by atoms with E-state index in [9.17, 15) is 9.59 Å². The molecule has 0 aliphatic carbocycles. The fourth-order valence-corrected chi connectivity index (χ4v) is 2.52. The molecular formula is C17H19N5O3. The Kier molecular flexibility index (Phi) is 5.92. The fourth-order valence-electron chi connectivity index (χ4n) is 2.52. The van der Waals surface area contributed by atoms with Gasteiger partial charge in [-0.1, -0.05) is 24.3 Å². The molecule has 0 N–H and O–H groups in total. The van der Waals surface area contributed by atoms with E-state index in [2.05, 4.69) is 15.1 Å². The molecule has 0 aliphatic rings. The van der Waals surface area contributed by atoms with Crippen molar-refractivity contribution < 1.29 is 14.3 Å². The predicted octanol–water partition coefficient (Wildman–Crippen LogP) is 3.10. The third-order valence-electron chi connectivity index (χ3n) is 3.83. The van der Waals surface area contributed by atoms with E-state index in [-0.39, 0.29) is 12.4 Å². The molecule has 2 rings (SSSR count). The molecule has 1 amide bonds. The van der Waals surface area contributed by atoms with Crippen molar-refractivity contribution in [1.29, 1.82) is 0 Å². The number of carbonyl (C=O) groups excluding carboxylic acids is 2. The first-order valence-corrected chi connectivity index (χ1v) is 7.83. The zero-order chi connectivity index (χ0) is 18.4. The maximum Gasteiger partial charge on any atom is 0.310 e. The summed E-state index contributed by atoms with van der Waals surface area (Å²) in [5, 5.41) is 7.54. The zero-order valence-corrected chi connectivity index (χ0v) is 14.4. The lowest BCUT2D eigenvalue weighted by atomic mass is 10.1. The number of azide groups is 1. The van der Waals surface area contributed by atoms with E-state index >= 15 is 0 Å². The van der Waals surface area contributed by atoms with Gasteiger partial charge in [0.15, 0.2) is 0 Å². The topological polar surface area (TPSA) is 110 Å². The molecule has 8 heteroatoms. The maximum atomic E-state index is 11.7. The number of ether oxygens (including phenoxy) is 1. The van der Waals surface area contributed by atoms with Gasteiger partial charge in [-0.05, 0) is 37.0 Å². The van der Waals surface area contributed by atoms with Crippen LogP contribution in [0.4, 0.5) is 0 Å². The average Bonchev–Trinajstić information content (AvgIpc) is 2.83. The lowest BCUT2D eigenvalue weighted by Gasteiger charge is -2.06. The molecule has 0 atom stereocenters. The molecule has 8 nitrogen and oxygen atoms in total. The number of aryl methyl sites for hydroxylation is 1. The number of benzene rings is 1. The number of rotatable bonds is 6. The summed E-state index contributed by atoms with van der Waals surface area (Å²) in [6, 6.07) is 6.78. The van der Waals surface area contributed by atoms with Gasteiger partial charge in [-0.3, -0.25) is 14.3 Å². The highest BCUT2D eigenvalue weighted by molar-refractivity contribution is 5.94. The standard InChI is InChI=1S/C17H19N5O3/c1-4-25-16(23)9-15-11(2)20-22(12(15)3)10-13-5-7-14(8-6-13)17(24)19-21-18/h5-8H,4,9-10H2,1-3H3. The summed E-state index contributed by atoms with van der Waals surface area (Å²) in [5.74, 6) is -0.883. The van der Waals surface area contributed by atoms with Crippen molar-refractivity contribution in [3.63, 3.8) is 0 Å². The zero-order valence-electron chi connectivity index (χ0n) is 14.4. The second-order valence-electron chi connectivity index (χ2n) is 5.48. The highest BCUT2D eigenvalue weighted by atomic mass is 16.5. The molecule has 1 heterocycles. The Morgan fingerprint density at radius 2 is 1.96 bits per heavy atom. The minimum absolute atomic E-state index is 0.200. The Bertz CT molecular complexity index is 833. The summed E-state index contributed by atoms with van der Waals surface area (Å²) >= 11 is 0. The largest absolute Gasteiger partial charge is 0.466 e. The second kappa shape index (κ2) is 8.12. The van der Waals surface area contributed by atoms with Gasteiger partial charge in [-0.2, -0.15) is 5.10 Å². The van der Waals surface area contributed by atoms with E-state index in [1.807, 2.05) is 18.5 Å². The number of carbonyl (C=O) groups is 2. The van der Waals surface area contributed by atoms with Crippen molar-refractivity contribution in [2.24, 2.45) is 5.11 Å². The van der Waals surface area contributed by atoms with Crippen molar-refractivity contribution >= 4 is 11.9 Å². The summed E-state index contributed by atoms with van der Waals surface area (Å²) < 4.78 is 6.81. The minimum Gasteiger partial charge on any atom is -0.466 e. The third-order valence-corrected chi connectivity index (χ3v) is 3.83. The fraction of sp³-hybridized carbons (Fsp3) is 0.353. The van der Waals surface area contributed by atoms with Crippen molar-refractivity contribution in [2.75, 3.05) is 6.61 Å². The van der Waals surface area contributed by atoms with E-state index < -0.39 is 5.91 Å². The van der Waals surface area contributed by atoms with Gasteiger partial charge in [0, 0.05) is 21.7 Å². The summed E-state index contributed by atoms with van der Waals surface area (Å²) in [6.45, 7) is 6.41. The first kappa shape index (κ1) is 18.2. The van der Waals surface area contributed by atoms with E-state index in [4.69, 9.17) is 10.3 Å². The van der Waals surface area contributed by atoms with Crippen LogP contribution >= 0.6 is 0 Å². The van der Waals surface area contributed by atoms with Crippen LogP contribution in [0.5, 0.6) is 0 Å². The van der Waals surface area contributed by atoms with Crippen LogP contribution in [-0.4, -0.2) is 28.3 Å². The third kappa shape index (κ3) is 4.45. The Morgan fingerprint density at radius 1 is 1.28 bits per heavy atom. The highest BCUT2D eigenvalue weighted by Crippen LogP contribution is 2.16. The number of aromatic nitrogens is 2. The van der Waals surface area contributed by atoms with Crippen LogP contribution < -0.4 is 0 Å². The van der Waals surface area contributed by atoms with Gasteiger partial charge in [0.1, 0.15) is 0 Å². The molecule has 2 aromatic rings. The van der Waals surface area contributed by atoms with Crippen LogP contribution in [0.25, 0.3) is 10.4 Å². The van der Waals surface area contributed by atoms with Crippen LogP contribution in [0.1, 0.15) is 39.8 Å². The minimum atomic E-state index is -0.614. The average molecular weight is 341 g/mol. The Balaban J connectivity index is 2.16. The molecule has 0 spiro atoms. The summed E-state index contributed by atoms with van der Waals surface area (Å²) in [5.41, 5.74) is 12.1. The van der Waals surface area contributed by atoms with E-state index in [0.717, 1.165) is 22.5 Å². The lowest BCUT2D eigenvalue weighted by molar-refractivity contribution is -0.142. The van der Waals surface area contributed by atoms with E-state index in [0.29, 0.717) is 18.7 Å². The Morgan fingerprint density at radius 3 is 2.56 bits per heavy atom. The summed E-state index contributed by atoms with van der Waals surface area (Å²) in [4.78, 5) is 25.7. The molecule has 0 aliphatic heterocycles. The molecule has 0 saturated carbocycles.